The number of nitrogens with one attached hydrogen (secondary N) is 2. The van der Waals surface area contributed by atoms with Gasteiger partial charge in [-0.1, -0.05) is 42.5 Å². The highest BCUT2D eigenvalue weighted by Crippen LogP contribution is 2.17. The molecule has 4 aromatic rings. The second-order valence-corrected chi connectivity index (χ2v) is 6.09. The van der Waals surface area contributed by atoms with E-state index in [9.17, 15) is 4.79 Å². The van der Waals surface area contributed by atoms with Crippen molar-refractivity contribution in [1.82, 2.24) is 25.1 Å². The van der Waals surface area contributed by atoms with Gasteiger partial charge in [0.15, 0.2) is 0 Å². The molecule has 0 radical (unpaired) electrons. The molecule has 0 saturated carbocycles. The molecule has 0 saturated heterocycles. The largest absolute Gasteiger partial charge is 0.349 e. The lowest BCUT2D eigenvalue weighted by Gasteiger charge is -2.07. The summed E-state index contributed by atoms with van der Waals surface area (Å²) in [6.07, 6.45) is 0. The predicted octanol–water partition coefficient (Wildman–Crippen LogP) is 3.16. The Labute approximate surface area is 150 Å². The Balaban J connectivity index is 1.41. The van der Waals surface area contributed by atoms with E-state index < -0.39 is 0 Å². The maximum atomic E-state index is 12.4. The molecule has 6 nitrogen and oxygen atoms in total. The number of carbonyl (C=O) groups excluding carboxylic acids is 1. The average Bonchev–Trinajstić information content (AvgIpc) is 3.28. The maximum Gasteiger partial charge on any atom is 0.269 e. The summed E-state index contributed by atoms with van der Waals surface area (Å²) in [4.78, 5) is 16.9. The number of hydrogen-bond acceptors (Lipinski definition) is 3. The van der Waals surface area contributed by atoms with Crippen LogP contribution >= 0.6 is 0 Å². The monoisotopic (exact) mass is 345 g/mol. The Morgan fingerprint density at radius 3 is 2.73 bits per heavy atom. The molecule has 2 aromatic carbocycles. The van der Waals surface area contributed by atoms with Crippen LogP contribution in [0.25, 0.3) is 22.3 Å². The molecule has 4 rings (SSSR count). The number of para-hydroxylation sites is 2. The Hall–Kier alpha value is -3.41. The van der Waals surface area contributed by atoms with Gasteiger partial charge in [0, 0.05) is 18.7 Å². The highest BCUT2D eigenvalue weighted by atomic mass is 16.1. The van der Waals surface area contributed by atoms with Crippen LogP contribution in [0.5, 0.6) is 0 Å². The Morgan fingerprint density at radius 2 is 1.88 bits per heavy atom. The molecule has 6 heteroatoms. The number of rotatable bonds is 5. The molecular formula is C20H19N5O. The molecule has 0 bridgehead atoms. The van der Waals surface area contributed by atoms with E-state index in [-0.39, 0.29) is 5.91 Å². The summed E-state index contributed by atoms with van der Waals surface area (Å²) >= 11 is 0. The van der Waals surface area contributed by atoms with Gasteiger partial charge in [-0.15, -0.1) is 0 Å². The first-order valence-electron chi connectivity index (χ1n) is 8.53. The summed E-state index contributed by atoms with van der Waals surface area (Å²) in [5.74, 6) is 0.773. The van der Waals surface area contributed by atoms with Crippen LogP contribution in [0.3, 0.4) is 0 Å². The Morgan fingerprint density at radius 1 is 1.12 bits per heavy atom. The topological polar surface area (TPSA) is 75.6 Å². The number of hydrogen-bond donors (Lipinski definition) is 2. The van der Waals surface area contributed by atoms with Crippen LogP contribution in [-0.4, -0.2) is 32.2 Å². The molecule has 0 unspecified atom stereocenters. The van der Waals surface area contributed by atoms with Crippen molar-refractivity contribution in [3.8, 4) is 11.3 Å². The van der Waals surface area contributed by atoms with Gasteiger partial charge in [0.1, 0.15) is 11.5 Å². The number of fused-ring (bicyclic) bond motifs is 1. The lowest BCUT2D eigenvalue weighted by atomic mass is 10.1. The predicted molar refractivity (Wildman–Crippen MR) is 101 cm³/mol. The molecule has 0 aliphatic heterocycles. The van der Waals surface area contributed by atoms with Crippen LogP contribution in [-0.2, 0) is 6.54 Å². The lowest BCUT2D eigenvalue weighted by molar-refractivity contribution is 0.0947. The van der Waals surface area contributed by atoms with Gasteiger partial charge in [0.05, 0.1) is 16.7 Å². The van der Waals surface area contributed by atoms with E-state index in [0.29, 0.717) is 18.8 Å². The Bertz CT molecular complexity index is 1050. The van der Waals surface area contributed by atoms with Gasteiger partial charge in [0.2, 0.25) is 0 Å². The van der Waals surface area contributed by atoms with Crippen molar-refractivity contribution in [2.45, 2.75) is 13.5 Å². The molecule has 0 atom stereocenters. The zero-order valence-corrected chi connectivity index (χ0v) is 14.4. The number of H-pyrrole nitrogens is 1. The SMILES string of the molecule is Cc1nc2ccccc2n1CCNC(=O)c1cc(-c2ccccc2)n[nH]1. The van der Waals surface area contributed by atoms with Crippen LogP contribution in [0.2, 0.25) is 0 Å². The first-order valence-corrected chi connectivity index (χ1v) is 8.53. The zero-order chi connectivity index (χ0) is 17.9. The third kappa shape index (κ3) is 3.09. The second-order valence-electron chi connectivity index (χ2n) is 6.09. The van der Waals surface area contributed by atoms with Gasteiger partial charge in [-0.05, 0) is 25.1 Å². The molecule has 0 fully saturated rings. The number of aromatic nitrogens is 4. The third-order valence-corrected chi connectivity index (χ3v) is 4.36. The summed E-state index contributed by atoms with van der Waals surface area (Å²) < 4.78 is 2.11. The van der Waals surface area contributed by atoms with Gasteiger partial charge < -0.3 is 9.88 Å². The molecular weight excluding hydrogens is 326 g/mol. The van der Waals surface area contributed by atoms with Crippen LogP contribution in [0, 0.1) is 6.92 Å². The summed E-state index contributed by atoms with van der Waals surface area (Å²) in [7, 11) is 0. The van der Waals surface area contributed by atoms with E-state index in [0.717, 1.165) is 28.1 Å². The van der Waals surface area contributed by atoms with Gasteiger partial charge in [-0.3, -0.25) is 9.89 Å². The summed E-state index contributed by atoms with van der Waals surface area (Å²) in [6, 6.07) is 19.5. The number of benzene rings is 2. The Kier molecular flexibility index (Phi) is 4.23. The fourth-order valence-corrected chi connectivity index (χ4v) is 3.05. The number of aryl methyl sites for hydroxylation is 1. The van der Waals surface area contributed by atoms with Gasteiger partial charge >= 0.3 is 0 Å². The van der Waals surface area contributed by atoms with Crippen molar-refractivity contribution < 1.29 is 4.79 Å². The molecule has 1 amide bonds. The molecule has 26 heavy (non-hydrogen) atoms. The van der Waals surface area contributed by atoms with Crippen LogP contribution < -0.4 is 5.32 Å². The number of carbonyl (C=O) groups is 1. The number of aromatic amines is 1. The first kappa shape index (κ1) is 16.1. The quantitative estimate of drug-likeness (QED) is 0.583. The zero-order valence-electron chi connectivity index (χ0n) is 14.4. The molecule has 0 spiro atoms. The summed E-state index contributed by atoms with van der Waals surface area (Å²) in [5.41, 5.74) is 4.23. The highest BCUT2D eigenvalue weighted by Gasteiger charge is 2.11. The molecule has 2 N–H and O–H groups in total. The molecule has 2 aromatic heterocycles. The molecule has 0 aliphatic rings. The minimum Gasteiger partial charge on any atom is -0.349 e. The van der Waals surface area contributed by atoms with E-state index in [1.807, 2.05) is 61.5 Å². The van der Waals surface area contributed by atoms with Gasteiger partial charge in [0.25, 0.3) is 5.91 Å². The van der Waals surface area contributed by atoms with Crippen molar-refractivity contribution in [1.29, 1.82) is 0 Å². The van der Waals surface area contributed by atoms with Crippen molar-refractivity contribution in [2.75, 3.05) is 6.54 Å². The second kappa shape index (κ2) is 6.84. The fraction of sp³-hybridized carbons (Fsp3) is 0.150. The molecule has 130 valence electrons. The van der Waals surface area contributed by atoms with E-state index >= 15 is 0 Å². The number of nitrogens with zero attached hydrogens (tertiary/aromatic N) is 3. The van der Waals surface area contributed by atoms with Crippen molar-refractivity contribution in [3.05, 3.63) is 72.2 Å². The van der Waals surface area contributed by atoms with E-state index in [1.165, 1.54) is 0 Å². The van der Waals surface area contributed by atoms with Crippen LogP contribution in [0.15, 0.2) is 60.7 Å². The van der Waals surface area contributed by atoms with E-state index in [4.69, 9.17) is 0 Å². The van der Waals surface area contributed by atoms with Crippen molar-refractivity contribution >= 4 is 16.9 Å². The molecule has 0 aliphatic carbocycles. The van der Waals surface area contributed by atoms with Crippen LogP contribution in [0.4, 0.5) is 0 Å². The van der Waals surface area contributed by atoms with E-state index in [1.54, 1.807) is 6.07 Å². The molecule has 2 heterocycles. The minimum absolute atomic E-state index is 0.165. The average molecular weight is 345 g/mol. The number of amides is 1. The number of imidazole rings is 1. The smallest absolute Gasteiger partial charge is 0.269 e. The lowest BCUT2D eigenvalue weighted by Crippen LogP contribution is -2.27. The highest BCUT2D eigenvalue weighted by molar-refractivity contribution is 5.93. The third-order valence-electron chi connectivity index (χ3n) is 4.36. The first-order chi connectivity index (χ1) is 12.7. The van der Waals surface area contributed by atoms with Crippen LogP contribution in [0.1, 0.15) is 16.3 Å². The van der Waals surface area contributed by atoms with Gasteiger partial charge in [-0.25, -0.2) is 4.98 Å². The van der Waals surface area contributed by atoms with Crippen molar-refractivity contribution in [2.24, 2.45) is 0 Å². The fourth-order valence-electron chi connectivity index (χ4n) is 3.05. The van der Waals surface area contributed by atoms with Gasteiger partial charge in [-0.2, -0.15) is 5.10 Å². The normalized spacial score (nSPS) is 11.0. The van der Waals surface area contributed by atoms with E-state index in [2.05, 4.69) is 25.1 Å². The summed E-state index contributed by atoms with van der Waals surface area (Å²) in [6.45, 7) is 3.15. The minimum atomic E-state index is -0.165. The summed E-state index contributed by atoms with van der Waals surface area (Å²) in [5, 5.41) is 9.96. The van der Waals surface area contributed by atoms with Crippen molar-refractivity contribution in [3.63, 3.8) is 0 Å². The maximum absolute atomic E-state index is 12.4. The standard InChI is InChI=1S/C20H19N5O/c1-14-22-16-9-5-6-10-19(16)25(14)12-11-21-20(26)18-13-17(23-24-18)15-7-3-2-4-8-15/h2-10,13H,11-12H2,1H3,(H,21,26)(H,23,24).